The molecule has 27 heavy (non-hydrogen) atoms. The number of halogens is 3. The van der Waals surface area contributed by atoms with Crippen molar-refractivity contribution in [1.29, 1.82) is 0 Å². The number of alkyl halides is 3. The summed E-state index contributed by atoms with van der Waals surface area (Å²) in [6.45, 7) is 1.35. The minimum absolute atomic E-state index is 0. The van der Waals surface area contributed by atoms with Crippen LogP contribution in [0.2, 0.25) is 0 Å². The van der Waals surface area contributed by atoms with Gasteiger partial charge in [0.2, 0.25) is 0 Å². The second-order valence-corrected chi connectivity index (χ2v) is 5.23. The molecule has 1 unspecified atom stereocenters. The van der Waals surface area contributed by atoms with E-state index in [1.54, 1.807) is 0 Å². The van der Waals surface area contributed by atoms with Gasteiger partial charge < -0.3 is 15.2 Å². The zero-order chi connectivity index (χ0) is 19.5. The van der Waals surface area contributed by atoms with E-state index in [0.29, 0.717) is 11.8 Å². The van der Waals surface area contributed by atoms with Gasteiger partial charge in [-0.2, -0.15) is 13.2 Å². The molecule has 2 aromatic carbocycles. The molecule has 0 spiro atoms. The first-order valence-corrected chi connectivity index (χ1v) is 7.20. The van der Waals surface area contributed by atoms with E-state index >= 15 is 0 Å². The molecule has 1 atom stereocenters. The van der Waals surface area contributed by atoms with Crippen LogP contribution in [-0.4, -0.2) is 51.7 Å². The Kier molecular flexibility index (Phi) is 7.64. The number of carboxylic acid groups (broad SMARTS) is 1. The third-order valence-electron chi connectivity index (χ3n) is 3.32. The quantitative estimate of drug-likeness (QED) is 0.441. The van der Waals surface area contributed by atoms with Crippen molar-refractivity contribution in [2.75, 3.05) is 5.32 Å². The molecular weight excluding hydrogens is 380 g/mol. The first-order valence-electron chi connectivity index (χ1n) is 7.20. The van der Waals surface area contributed by atoms with Crippen molar-refractivity contribution in [3.63, 3.8) is 0 Å². The second-order valence-electron chi connectivity index (χ2n) is 5.23. The van der Waals surface area contributed by atoms with Gasteiger partial charge in [0.05, 0.1) is 10.5 Å². The normalized spacial score (nSPS) is 11.9. The maximum absolute atomic E-state index is 12.7. The third-order valence-corrected chi connectivity index (χ3v) is 3.32. The van der Waals surface area contributed by atoms with E-state index in [0.717, 1.165) is 12.1 Å². The minimum atomic E-state index is -4.69. The number of nitro benzene ring substituents is 1. The molecule has 0 aromatic heterocycles. The summed E-state index contributed by atoms with van der Waals surface area (Å²) >= 11 is 0. The van der Waals surface area contributed by atoms with Gasteiger partial charge in [0.15, 0.2) is 6.10 Å². The number of nitro groups is 1. The fourth-order valence-electron chi connectivity index (χ4n) is 1.99. The number of aliphatic carboxylic acids is 1. The van der Waals surface area contributed by atoms with Crippen LogP contribution in [0, 0.1) is 10.1 Å². The molecule has 0 saturated heterocycles. The van der Waals surface area contributed by atoms with Crippen molar-refractivity contribution in [3.8, 4) is 5.75 Å². The van der Waals surface area contributed by atoms with Crippen LogP contribution in [0.5, 0.6) is 5.75 Å². The molecule has 0 amide bonds. The average molecular weight is 394 g/mol. The van der Waals surface area contributed by atoms with Gasteiger partial charge in [-0.1, -0.05) is 0 Å². The summed E-state index contributed by atoms with van der Waals surface area (Å²) in [6.07, 6.45) is -5.76. The topological polar surface area (TPSA) is 102 Å². The Hall–Kier alpha value is -2.30. The Morgan fingerprint density at radius 2 is 1.81 bits per heavy atom. The SMILES string of the molecule is CC(Oc1ccc(Nc2ccc(C(F)(F)F)cc2[N+](=O)[O-])cc1)C(=O)O.[NaH]. The number of anilines is 2. The maximum atomic E-state index is 12.7. The van der Waals surface area contributed by atoms with Crippen molar-refractivity contribution >= 4 is 52.6 Å². The molecule has 11 heteroatoms. The Morgan fingerprint density at radius 3 is 2.30 bits per heavy atom. The van der Waals surface area contributed by atoms with Gasteiger partial charge in [0, 0.05) is 11.8 Å². The van der Waals surface area contributed by atoms with Crippen molar-refractivity contribution in [2.45, 2.75) is 19.2 Å². The number of hydrogen-bond acceptors (Lipinski definition) is 5. The molecule has 0 radical (unpaired) electrons. The van der Waals surface area contributed by atoms with E-state index in [9.17, 15) is 28.1 Å². The van der Waals surface area contributed by atoms with Gasteiger partial charge in [-0.3, -0.25) is 10.1 Å². The molecule has 0 saturated carbocycles. The monoisotopic (exact) mass is 394 g/mol. The number of rotatable bonds is 6. The molecule has 0 fully saturated rings. The van der Waals surface area contributed by atoms with Gasteiger partial charge in [-0.25, -0.2) is 4.79 Å². The number of benzene rings is 2. The van der Waals surface area contributed by atoms with Crippen LogP contribution >= 0.6 is 0 Å². The summed E-state index contributed by atoms with van der Waals surface area (Å²) in [5, 5.41) is 22.5. The Labute approximate surface area is 173 Å². The van der Waals surface area contributed by atoms with Crippen LogP contribution in [0.4, 0.5) is 30.2 Å². The van der Waals surface area contributed by atoms with Crippen molar-refractivity contribution in [3.05, 3.63) is 58.1 Å². The van der Waals surface area contributed by atoms with E-state index in [1.807, 2.05) is 0 Å². The third kappa shape index (κ3) is 6.12. The molecule has 7 nitrogen and oxygen atoms in total. The van der Waals surface area contributed by atoms with Gasteiger partial charge >= 0.3 is 41.7 Å². The Balaban J connectivity index is 0.00000364. The Bertz CT molecular complexity index is 828. The van der Waals surface area contributed by atoms with Crippen LogP contribution in [0.15, 0.2) is 42.5 Å². The van der Waals surface area contributed by atoms with Crippen molar-refractivity contribution in [2.24, 2.45) is 0 Å². The summed E-state index contributed by atoms with van der Waals surface area (Å²) < 4.78 is 43.2. The predicted octanol–water partition coefficient (Wildman–Crippen LogP) is 3.56. The fraction of sp³-hybridized carbons (Fsp3) is 0.188. The van der Waals surface area contributed by atoms with E-state index in [2.05, 4.69) is 5.32 Å². The number of carboxylic acids is 1. The molecular formula is C16H14F3N2NaO5. The first kappa shape index (κ1) is 22.7. The molecule has 2 rings (SSSR count). The van der Waals surface area contributed by atoms with E-state index in [1.165, 1.54) is 31.2 Å². The number of carbonyl (C=O) groups is 1. The summed E-state index contributed by atoms with van der Waals surface area (Å²) in [6, 6.07) is 7.92. The van der Waals surface area contributed by atoms with Crippen LogP contribution in [0.3, 0.4) is 0 Å². The second kappa shape index (κ2) is 9.07. The summed E-state index contributed by atoms with van der Waals surface area (Å²) in [4.78, 5) is 20.9. The van der Waals surface area contributed by atoms with Gasteiger partial charge in [-0.05, 0) is 43.3 Å². The summed E-state index contributed by atoms with van der Waals surface area (Å²) in [5.41, 5.74) is -1.61. The molecule has 0 aliphatic carbocycles. The molecule has 0 aliphatic rings. The number of hydrogen-bond donors (Lipinski definition) is 2. The fourth-order valence-corrected chi connectivity index (χ4v) is 1.99. The van der Waals surface area contributed by atoms with E-state index < -0.39 is 34.4 Å². The number of ether oxygens (including phenoxy) is 1. The van der Waals surface area contributed by atoms with Gasteiger partial charge in [0.1, 0.15) is 11.4 Å². The van der Waals surface area contributed by atoms with Crippen LogP contribution in [0.25, 0.3) is 0 Å². The summed E-state index contributed by atoms with van der Waals surface area (Å²) in [7, 11) is 0. The van der Waals surface area contributed by atoms with Crippen LogP contribution in [0.1, 0.15) is 12.5 Å². The van der Waals surface area contributed by atoms with Crippen LogP contribution < -0.4 is 10.1 Å². The average Bonchev–Trinajstić information content (AvgIpc) is 2.55. The zero-order valence-electron chi connectivity index (χ0n) is 13.3. The molecule has 0 bridgehead atoms. The zero-order valence-corrected chi connectivity index (χ0v) is 13.3. The van der Waals surface area contributed by atoms with Gasteiger partial charge in [0.25, 0.3) is 5.69 Å². The van der Waals surface area contributed by atoms with E-state index in [4.69, 9.17) is 9.84 Å². The molecule has 0 heterocycles. The van der Waals surface area contributed by atoms with Crippen molar-refractivity contribution in [1.82, 2.24) is 0 Å². The number of nitrogens with zero attached hydrogens (tertiary/aromatic N) is 1. The van der Waals surface area contributed by atoms with Crippen molar-refractivity contribution < 1.29 is 32.7 Å². The predicted molar refractivity (Wildman–Crippen MR) is 92.7 cm³/mol. The first-order chi connectivity index (χ1) is 12.1. The standard InChI is InChI=1S/C16H13F3N2O5.Na.H/c1-9(15(22)23)26-12-5-3-11(4-6-12)20-13-7-2-10(16(17,18)19)8-14(13)21(24)25;;/h2-9,20H,1H3,(H,22,23);;. The molecule has 0 aliphatic heterocycles. The molecule has 2 aromatic rings. The summed E-state index contributed by atoms with van der Waals surface area (Å²) in [5.74, 6) is -0.889. The number of nitrogens with one attached hydrogen (secondary N) is 1. The molecule has 2 N–H and O–H groups in total. The van der Waals surface area contributed by atoms with E-state index in [-0.39, 0.29) is 41.0 Å². The molecule has 140 valence electrons. The van der Waals surface area contributed by atoms with Crippen LogP contribution in [-0.2, 0) is 11.0 Å². The Morgan fingerprint density at radius 1 is 1.22 bits per heavy atom. The van der Waals surface area contributed by atoms with Gasteiger partial charge in [-0.15, -0.1) is 0 Å².